The normalized spacial score (nSPS) is 31.1. The Morgan fingerprint density at radius 1 is 1.29 bits per heavy atom. The number of nitrogens with one attached hydrogen (secondary N) is 1. The van der Waals surface area contributed by atoms with Crippen LogP contribution in [0.1, 0.15) is 25.7 Å². The lowest BCUT2D eigenvalue weighted by atomic mass is 9.91. The highest BCUT2D eigenvalue weighted by Crippen LogP contribution is 2.31. The minimum atomic E-state index is -2.28. The zero-order valence-corrected chi connectivity index (χ0v) is 10.1. The number of piperidine rings is 1. The quantitative estimate of drug-likeness (QED) is 0.738. The number of likely N-dealkylation sites (tertiary alicyclic amines) is 1. The van der Waals surface area contributed by atoms with Crippen molar-refractivity contribution in [3.05, 3.63) is 0 Å². The first-order valence-corrected chi connectivity index (χ1v) is 6.55. The van der Waals surface area contributed by atoms with Crippen molar-refractivity contribution >= 4 is 0 Å². The predicted molar refractivity (Wildman–Crippen MR) is 62.2 cm³/mol. The Kier molecular flexibility index (Phi) is 4.70. The second-order valence-electron chi connectivity index (χ2n) is 5.30. The fourth-order valence-corrected chi connectivity index (χ4v) is 2.77. The van der Waals surface area contributed by atoms with Gasteiger partial charge in [0, 0.05) is 31.8 Å². The number of hydrogen-bond donors (Lipinski definition) is 2. The van der Waals surface area contributed by atoms with E-state index < -0.39 is 6.43 Å². The molecule has 2 fully saturated rings. The summed E-state index contributed by atoms with van der Waals surface area (Å²) in [6.45, 7) is 1.90. The lowest BCUT2D eigenvalue weighted by Crippen LogP contribution is -2.51. The Labute approximate surface area is 101 Å². The van der Waals surface area contributed by atoms with Gasteiger partial charge in [-0.15, -0.1) is 0 Å². The third-order valence-electron chi connectivity index (χ3n) is 3.73. The number of rotatable bonds is 6. The molecule has 1 aliphatic carbocycles. The molecule has 0 spiro atoms. The molecule has 0 radical (unpaired) electrons. The molecule has 5 heteroatoms. The Morgan fingerprint density at radius 3 is 2.65 bits per heavy atom. The SMILES string of the molecule is OCCC1CC(NCC(F)F)CN(C2CC2)C1. The molecule has 2 atom stereocenters. The highest BCUT2D eigenvalue weighted by atomic mass is 19.3. The zero-order chi connectivity index (χ0) is 12.3. The summed E-state index contributed by atoms with van der Waals surface area (Å²) in [5.41, 5.74) is 0. The molecule has 100 valence electrons. The third-order valence-corrected chi connectivity index (χ3v) is 3.73. The largest absolute Gasteiger partial charge is 0.396 e. The Morgan fingerprint density at radius 2 is 2.06 bits per heavy atom. The van der Waals surface area contributed by atoms with E-state index in [1.54, 1.807) is 0 Å². The van der Waals surface area contributed by atoms with Crippen molar-refractivity contribution in [1.29, 1.82) is 0 Å². The summed E-state index contributed by atoms with van der Waals surface area (Å²) in [6.07, 6.45) is 1.91. The van der Waals surface area contributed by atoms with E-state index in [1.165, 1.54) is 12.8 Å². The zero-order valence-electron chi connectivity index (χ0n) is 10.1. The molecule has 1 aliphatic heterocycles. The van der Waals surface area contributed by atoms with E-state index >= 15 is 0 Å². The standard InChI is InChI=1S/C12H22F2N2O/c13-12(14)6-15-10-5-9(3-4-17)7-16(8-10)11-1-2-11/h9-12,15,17H,1-8H2. The fourth-order valence-electron chi connectivity index (χ4n) is 2.77. The van der Waals surface area contributed by atoms with Gasteiger partial charge in [0.1, 0.15) is 0 Å². The molecule has 2 unspecified atom stereocenters. The molecule has 0 amide bonds. The molecule has 3 nitrogen and oxygen atoms in total. The molecule has 0 bridgehead atoms. The van der Waals surface area contributed by atoms with E-state index in [2.05, 4.69) is 10.2 Å². The van der Waals surface area contributed by atoms with Crippen molar-refractivity contribution in [2.75, 3.05) is 26.2 Å². The molecule has 2 rings (SSSR count). The van der Waals surface area contributed by atoms with Gasteiger partial charge in [0.25, 0.3) is 6.43 Å². The first-order valence-electron chi connectivity index (χ1n) is 6.55. The van der Waals surface area contributed by atoms with Crippen LogP contribution in [0.4, 0.5) is 8.78 Å². The van der Waals surface area contributed by atoms with Gasteiger partial charge in [-0.3, -0.25) is 4.90 Å². The maximum atomic E-state index is 12.2. The molecule has 1 heterocycles. The number of alkyl halides is 2. The molecular formula is C12H22F2N2O. The topological polar surface area (TPSA) is 35.5 Å². The van der Waals surface area contributed by atoms with Crippen molar-refractivity contribution in [2.24, 2.45) is 5.92 Å². The molecule has 17 heavy (non-hydrogen) atoms. The van der Waals surface area contributed by atoms with Gasteiger partial charge in [0.2, 0.25) is 0 Å². The fraction of sp³-hybridized carbons (Fsp3) is 1.00. The number of aliphatic hydroxyl groups excluding tert-OH is 1. The average Bonchev–Trinajstić information content (AvgIpc) is 3.10. The summed E-state index contributed by atoms with van der Waals surface area (Å²) >= 11 is 0. The van der Waals surface area contributed by atoms with E-state index in [0.29, 0.717) is 12.0 Å². The van der Waals surface area contributed by atoms with E-state index in [1.807, 2.05) is 0 Å². The summed E-state index contributed by atoms with van der Waals surface area (Å²) in [5, 5.41) is 12.0. The highest BCUT2D eigenvalue weighted by molar-refractivity contribution is 4.92. The van der Waals surface area contributed by atoms with Crippen LogP contribution in [0.2, 0.25) is 0 Å². The van der Waals surface area contributed by atoms with Gasteiger partial charge in [-0.05, 0) is 31.6 Å². The Balaban J connectivity index is 1.82. The lowest BCUT2D eigenvalue weighted by Gasteiger charge is -2.38. The van der Waals surface area contributed by atoms with Crippen LogP contribution in [0.25, 0.3) is 0 Å². The molecule has 0 aromatic rings. The first-order chi connectivity index (χ1) is 8.19. The van der Waals surface area contributed by atoms with Crippen LogP contribution in [-0.2, 0) is 0 Å². The van der Waals surface area contributed by atoms with Gasteiger partial charge in [0.05, 0.1) is 6.54 Å². The molecule has 1 saturated carbocycles. The molecule has 2 N–H and O–H groups in total. The molecule has 1 saturated heterocycles. The minimum Gasteiger partial charge on any atom is -0.396 e. The molecule has 0 aromatic heterocycles. The van der Waals surface area contributed by atoms with Crippen molar-refractivity contribution in [1.82, 2.24) is 10.2 Å². The van der Waals surface area contributed by atoms with Gasteiger partial charge < -0.3 is 10.4 Å². The second kappa shape index (κ2) is 6.07. The van der Waals surface area contributed by atoms with E-state index in [4.69, 9.17) is 5.11 Å². The summed E-state index contributed by atoms with van der Waals surface area (Å²) in [7, 11) is 0. The number of hydrogen-bond acceptors (Lipinski definition) is 3. The maximum absolute atomic E-state index is 12.2. The molecule has 0 aromatic carbocycles. The van der Waals surface area contributed by atoms with Crippen molar-refractivity contribution in [2.45, 2.75) is 44.2 Å². The summed E-state index contributed by atoms with van der Waals surface area (Å²) in [6, 6.07) is 0.835. The predicted octanol–water partition coefficient (Wildman–Crippen LogP) is 1.08. The van der Waals surface area contributed by atoms with Crippen LogP contribution in [0, 0.1) is 5.92 Å². The van der Waals surface area contributed by atoms with E-state index in [0.717, 1.165) is 25.9 Å². The summed E-state index contributed by atoms with van der Waals surface area (Å²) in [5.74, 6) is 0.449. The van der Waals surface area contributed by atoms with Gasteiger partial charge in [0.15, 0.2) is 0 Å². The van der Waals surface area contributed by atoms with Crippen LogP contribution in [-0.4, -0.2) is 54.8 Å². The van der Waals surface area contributed by atoms with Crippen LogP contribution in [0.15, 0.2) is 0 Å². The van der Waals surface area contributed by atoms with Crippen LogP contribution < -0.4 is 5.32 Å². The summed E-state index contributed by atoms with van der Waals surface area (Å²) in [4.78, 5) is 2.41. The van der Waals surface area contributed by atoms with E-state index in [-0.39, 0.29) is 19.2 Å². The first kappa shape index (κ1) is 13.2. The number of nitrogens with zero attached hydrogens (tertiary/aromatic N) is 1. The Bertz CT molecular complexity index is 237. The van der Waals surface area contributed by atoms with Crippen LogP contribution in [0.3, 0.4) is 0 Å². The molecule has 2 aliphatic rings. The highest BCUT2D eigenvalue weighted by Gasteiger charge is 2.35. The second-order valence-corrected chi connectivity index (χ2v) is 5.30. The molecular weight excluding hydrogens is 226 g/mol. The average molecular weight is 248 g/mol. The van der Waals surface area contributed by atoms with Crippen molar-refractivity contribution < 1.29 is 13.9 Å². The van der Waals surface area contributed by atoms with Gasteiger partial charge >= 0.3 is 0 Å². The lowest BCUT2D eigenvalue weighted by molar-refractivity contribution is 0.0954. The summed E-state index contributed by atoms with van der Waals surface area (Å²) < 4.78 is 24.4. The smallest absolute Gasteiger partial charge is 0.250 e. The van der Waals surface area contributed by atoms with Gasteiger partial charge in [-0.2, -0.15) is 0 Å². The third kappa shape index (κ3) is 4.16. The van der Waals surface area contributed by atoms with Gasteiger partial charge in [-0.25, -0.2) is 8.78 Å². The Hall–Kier alpha value is -0.260. The number of aliphatic hydroxyl groups is 1. The number of halogens is 2. The monoisotopic (exact) mass is 248 g/mol. The van der Waals surface area contributed by atoms with Gasteiger partial charge in [-0.1, -0.05) is 0 Å². The minimum absolute atomic E-state index is 0.162. The van der Waals surface area contributed by atoms with Crippen LogP contribution in [0.5, 0.6) is 0 Å². The van der Waals surface area contributed by atoms with Crippen molar-refractivity contribution in [3.63, 3.8) is 0 Å². The van der Waals surface area contributed by atoms with Crippen molar-refractivity contribution in [3.8, 4) is 0 Å². The van der Waals surface area contributed by atoms with Crippen LogP contribution >= 0.6 is 0 Å². The maximum Gasteiger partial charge on any atom is 0.250 e. The van der Waals surface area contributed by atoms with E-state index in [9.17, 15) is 8.78 Å².